The van der Waals surface area contributed by atoms with Crippen LogP contribution < -0.4 is 5.32 Å². The Morgan fingerprint density at radius 1 is 1.17 bits per heavy atom. The van der Waals surface area contributed by atoms with Crippen molar-refractivity contribution in [3.05, 3.63) is 59.3 Å². The fraction of sp³-hybridized carbons (Fsp3) is 0.118. The summed E-state index contributed by atoms with van der Waals surface area (Å²) in [6.45, 7) is -0.302. The third-order valence-corrected chi connectivity index (χ3v) is 4.40. The van der Waals surface area contributed by atoms with E-state index >= 15 is 0 Å². The summed E-state index contributed by atoms with van der Waals surface area (Å²) in [6.07, 6.45) is 3.50. The second kappa shape index (κ2) is 6.76. The minimum Gasteiger partial charge on any atom is -0.351 e. The zero-order valence-electron chi connectivity index (χ0n) is 12.9. The van der Waals surface area contributed by atoms with Gasteiger partial charge in [-0.1, -0.05) is 18.2 Å². The number of para-hydroxylation sites is 1. The van der Waals surface area contributed by atoms with E-state index in [0.717, 1.165) is 22.4 Å². The standard InChI is InChI=1S/C17H15N3O3S/c1-19-9-5-8-13(19)10-14-16(22)20(17(23)24-14)11-15(21)18-12-6-3-2-4-7-12/h2-10H,11H2,1H3,(H,18,21)/b14-10-. The predicted octanol–water partition coefficient (Wildman–Crippen LogP) is 2.70. The minimum atomic E-state index is -0.450. The summed E-state index contributed by atoms with van der Waals surface area (Å²) in [5, 5.41) is 2.22. The van der Waals surface area contributed by atoms with Gasteiger partial charge in [-0.25, -0.2) is 0 Å². The van der Waals surface area contributed by atoms with Crippen molar-refractivity contribution in [1.82, 2.24) is 9.47 Å². The SMILES string of the molecule is Cn1cccc1/C=C1\SC(=O)N(CC(=O)Nc2ccccc2)C1=O. The van der Waals surface area contributed by atoms with E-state index in [2.05, 4.69) is 5.32 Å². The molecule has 6 nitrogen and oxygen atoms in total. The topological polar surface area (TPSA) is 71.4 Å². The van der Waals surface area contributed by atoms with Gasteiger partial charge in [-0.3, -0.25) is 19.3 Å². The van der Waals surface area contributed by atoms with Gasteiger partial charge in [0.25, 0.3) is 11.1 Å². The van der Waals surface area contributed by atoms with Crippen molar-refractivity contribution in [1.29, 1.82) is 0 Å². The van der Waals surface area contributed by atoms with Crippen molar-refractivity contribution in [2.45, 2.75) is 0 Å². The zero-order chi connectivity index (χ0) is 17.1. The summed E-state index contributed by atoms with van der Waals surface area (Å²) in [7, 11) is 1.85. The van der Waals surface area contributed by atoms with Gasteiger partial charge >= 0.3 is 0 Å². The van der Waals surface area contributed by atoms with Crippen molar-refractivity contribution < 1.29 is 14.4 Å². The summed E-state index contributed by atoms with van der Waals surface area (Å²) in [6, 6.07) is 12.6. The number of carbonyl (C=O) groups excluding carboxylic acids is 3. The largest absolute Gasteiger partial charge is 0.351 e. The summed E-state index contributed by atoms with van der Waals surface area (Å²) in [5.74, 6) is -0.863. The second-order valence-corrected chi connectivity index (χ2v) is 6.22. The molecule has 7 heteroatoms. The Bertz CT molecular complexity index is 827. The summed E-state index contributed by atoms with van der Waals surface area (Å²) >= 11 is 0.842. The zero-order valence-corrected chi connectivity index (χ0v) is 13.7. The normalized spacial score (nSPS) is 16.0. The van der Waals surface area contributed by atoms with E-state index in [1.165, 1.54) is 0 Å². The molecule has 1 aromatic carbocycles. The van der Waals surface area contributed by atoms with Crippen LogP contribution in [0.2, 0.25) is 0 Å². The summed E-state index contributed by atoms with van der Waals surface area (Å²) < 4.78 is 1.84. The Morgan fingerprint density at radius 2 is 1.92 bits per heavy atom. The molecule has 0 aliphatic carbocycles. The monoisotopic (exact) mass is 341 g/mol. The Morgan fingerprint density at radius 3 is 2.58 bits per heavy atom. The van der Waals surface area contributed by atoms with Crippen LogP contribution in [0.4, 0.5) is 10.5 Å². The lowest BCUT2D eigenvalue weighted by Gasteiger charge is -2.12. The van der Waals surface area contributed by atoms with E-state index in [1.54, 1.807) is 30.3 Å². The third kappa shape index (κ3) is 3.41. The quantitative estimate of drug-likeness (QED) is 0.868. The van der Waals surface area contributed by atoms with Gasteiger partial charge < -0.3 is 9.88 Å². The van der Waals surface area contributed by atoms with Gasteiger partial charge in [0.15, 0.2) is 0 Å². The van der Waals surface area contributed by atoms with Crippen LogP contribution in [0.3, 0.4) is 0 Å². The number of hydrogen-bond donors (Lipinski definition) is 1. The van der Waals surface area contributed by atoms with Crippen LogP contribution in [0.25, 0.3) is 6.08 Å². The number of thioether (sulfide) groups is 1. The van der Waals surface area contributed by atoms with Gasteiger partial charge in [0.05, 0.1) is 4.91 Å². The lowest BCUT2D eigenvalue weighted by atomic mass is 10.3. The van der Waals surface area contributed by atoms with Crippen LogP contribution in [0.1, 0.15) is 5.69 Å². The lowest BCUT2D eigenvalue weighted by molar-refractivity contribution is -0.127. The molecular weight excluding hydrogens is 326 g/mol. The van der Waals surface area contributed by atoms with Crippen molar-refractivity contribution in [3.63, 3.8) is 0 Å². The molecule has 0 radical (unpaired) electrons. The molecule has 122 valence electrons. The molecule has 0 saturated carbocycles. The first kappa shape index (κ1) is 16.1. The highest BCUT2D eigenvalue weighted by molar-refractivity contribution is 8.18. The molecule has 1 aliphatic rings. The number of aryl methyl sites for hydroxylation is 1. The summed E-state index contributed by atoms with van der Waals surface area (Å²) in [4.78, 5) is 37.7. The highest BCUT2D eigenvalue weighted by Gasteiger charge is 2.36. The Kier molecular flexibility index (Phi) is 4.52. The maximum Gasteiger partial charge on any atom is 0.294 e. The molecule has 2 heterocycles. The third-order valence-electron chi connectivity index (χ3n) is 3.50. The molecule has 0 unspecified atom stereocenters. The number of imide groups is 1. The number of hydrogen-bond acceptors (Lipinski definition) is 4. The molecule has 3 rings (SSSR count). The van der Waals surface area contributed by atoms with Crippen LogP contribution in [-0.2, 0) is 16.6 Å². The summed E-state index contributed by atoms with van der Waals surface area (Å²) in [5.41, 5.74) is 1.43. The molecule has 1 N–H and O–H groups in total. The number of carbonyl (C=O) groups is 3. The molecule has 0 atom stereocenters. The molecule has 1 aromatic heterocycles. The highest BCUT2D eigenvalue weighted by atomic mass is 32.2. The number of anilines is 1. The Hall–Kier alpha value is -2.80. The van der Waals surface area contributed by atoms with Crippen LogP contribution in [0.5, 0.6) is 0 Å². The van der Waals surface area contributed by atoms with Gasteiger partial charge in [0, 0.05) is 24.6 Å². The van der Waals surface area contributed by atoms with Crippen molar-refractivity contribution >= 4 is 40.6 Å². The maximum absolute atomic E-state index is 12.4. The van der Waals surface area contributed by atoms with Gasteiger partial charge in [-0.15, -0.1) is 0 Å². The van der Waals surface area contributed by atoms with E-state index in [1.807, 2.05) is 36.0 Å². The first-order chi connectivity index (χ1) is 11.5. The highest BCUT2D eigenvalue weighted by Crippen LogP contribution is 2.32. The fourth-order valence-corrected chi connectivity index (χ4v) is 3.08. The first-order valence-corrected chi connectivity index (χ1v) is 8.08. The molecule has 3 amide bonds. The number of aromatic nitrogens is 1. The van der Waals surface area contributed by atoms with E-state index in [-0.39, 0.29) is 6.54 Å². The van der Waals surface area contributed by atoms with Crippen LogP contribution in [0, 0.1) is 0 Å². The van der Waals surface area contributed by atoms with E-state index in [0.29, 0.717) is 10.6 Å². The van der Waals surface area contributed by atoms with Crippen molar-refractivity contribution in [2.75, 3.05) is 11.9 Å². The number of benzene rings is 1. The predicted molar refractivity (Wildman–Crippen MR) is 93.2 cm³/mol. The number of nitrogens with one attached hydrogen (secondary N) is 1. The molecule has 2 aromatic rings. The Balaban J connectivity index is 1.69. The van der Waals surface area contributed by atoms with Gasteiger partial charge in [0.1, 0.15) is 6.54 Å². The van der Waals surface area contributed by atoms with E-state index in [4.69, 9.17) is 0 Å². The number of amides is 3. The lowest BCUT2D eigenvalue weighted by Crippen LogP contribution is -2.36. The molecule has 24 heavy (non-hydrogen) atoms. The smallest absolute Gasteiger partial charge is 0.294 e. The van der Waals surface area contributed by atoms with Gasteiger partial charge in [-0.05, 0) is 42.1 Å². The number of rotatable bonds is 4. The molecule has 0 spiro atoms. The van der Waals surface area contributed by atoms with Crippen LogP contribution >= 0.6 is 11.8 Å². The molecule has 1 saturated heterocycles. The molecule has 0 bridgehead atoms. The van der Waals surface area contributed by atoms with Crippen LogP contribution in [0.15, 0.2) is 53.6 Å². The average Bonchev–Trinajstić information content (AvgIpc) is 3.07. The molecule has 1 aliphatic heterocycles. The second-order valence-electron chi connectivity index (χ2n) is 5.23. The minimum absolute atomic E-state index is 0.302. The van der Waals surface area contributed by atoms with Crippen molar-refractivity contribution in [2.24, 2.45) is 7.05 Å². The fourth-order valence-electron chi connectivity index (χ4n) is 2.26. The average molecular weight is 341 g/mol. The van der Waals surface area contributed by atoms with Crippen molar-refractivity contribution in [3.8, 4) is 0 Å². The number of nitrogens with zero attached hydrogens (tertiary/aromatic N) is 2. The maximum atomic E-state index is 12.4. The Labute approximate surface area is 143 Å². The van der Waals surface area contributed by atoms with Gasteiger partial charge in [0.2, 0.25) is 5.91 Å². The van der Waals surface area contributed by atoms with E-state index < -0.39 is 17.1 Å². The van der Waals surface area contributed by atoms with Crippen LogP contribution in [-0.4, -0.2) is 33.1 Å². The molecular formula is C17H15N3O3S. The van der Waals surface area contributed by atoms with E-state index in [9.17, 15) is 14.4 Å². The van der Waals surface area contributed by atoms with Gasteiger partial charge in [-0.2, -0.15) is 0 Å². The first-order valence-electron chi connectivity index (χ1n) is 7.26. The molecule has 1 fully saturated rings.